The molecule has 0 aliphatic rings. The van der Waals surface area contributed by atoms with Gasteiger partial charge >= 0.3 is 0 Å². The molecule has 0 bridgehead atoms. The van der Waals surface area contributed by atoms with Crippen LogP contribution in [0.4, 0.5) is 0 Å². The third kappa shape index (κ3) is 12.1. The highest BCUT2D eigenvalue weighted by molar-refractivity contribution is 9.10. The van der Waals surface area contributed by atoms with Gasteiger partial charge in [-0.05, 0) is 116 Å². The molecule has 4 aromatic rings. The van der Waals surface area contributed by atoms with Crippen molar-refractivity contribution in [3.8, 4) is 11.5 Å². The lowest BCUT2D eigenvalue weighted by atomic mass is 10.1. The van der Waals surface area contributed by atoms with E-state index in [-0.39, 0.29) is 52.8 Å². The maximum absolute atomic E-state index is 12.8. The average molecular weight is 842 g/mol. The van der Waals surface area contributed by atoms with E-state index in [1.54, 1.807) is 26.8 Å². The van der Waals surface area contributed by atoms with Crippen LogP contribution in [0, 0.1) is 41.5 Å². The summed E-state index contributed by atoms with van der Waals surface area (Å²) in [6, 6.07) is 10.1. The molecule has 2 heterocycles. The number of sulfone groups is 1. The molecule has 4 rings (SSSR count). The first-order chi connectivity index (χ1) is 25.7. The van der Waals surface area contributed by atoms with Crippen molar-refractivity contribution in [1.29, 1.82) is 0 Å². The second-order valence-corrected chi connectivity index (χ2v) is 16.8. The molecule has 2 atom stereocenters. The second-order valence-electron chi connectivity index (χ2n) is 13.9. The van der Waals surface area contributed by atoms with Crippen LogP contribution in [0.1, 0.15) is 106 Å². The van der Waals surface area contributed by atoms with E-state index in [4.69, 9.17) is 9.47 Å². The van der Waals surface area contributed by atoms with E-state index in [2.05, 4.69) is 36.5 Å². The van der Waals surface area contributed by atoms with Gasteiger partial charge in [0.05, 0.1) is 17.1 Å². The molecule has 0 aliphatic heterocycles. The predicted molar refractivity (Wildman–Crippen MR) is 219 cm³/mol. The molecular weight excluding hydrogens is 788 g/mol. The van der Waals surface area contributed by atoms with Gasteiger partial charge < -0.3 is 30.1 Å². The lowest BCUT2D eigenvalue weighted by molar-refractivity contribution is 0.0941. The van der Waals surface area contributed by atoms with E-state index in [1.165, 1.54) is 12.1 Å². The molecular formula is C41H53BrN4O8S. The average Bonchev–Trinajstić information content (AvgIpc) is 3.08. The van der Waals surface area contributed by atoms with Crippen molar-refractivity contribution < 1.29 is 27.5 Å². The lowest BCUT2D eigenvalue weighted by Crippen LogP contribution is -2.28. The number of pyridine rings is 2. The first-order valence-electron chi connectivity index (χ1n) is 18.1. The summed E-state index contributed by atoms with van der Waals surface area (Å²) >= 11 is 3.44. The standard InChI is InChI=1S/C21H28N2O5S.C20H25BrN2O3/c1-7-14(4)28-19-10-16(29(6,26)27)9-17(15(19)5)20(24)22-11-18-12(2)8-13(3)23-21(18)25;1-6-13(4)26-18-9-15(21)8-16(14(18)5)19(24)22-10-17-11(2)7-12(3)23-20(17)25/h8-10,14H,7,11H2,1-6H3,(H,22,24)(H,23,25);7-9,13H,6,10H2,1-5H3,(H,22,24)(H,23,25). The van der Waals surface area contributed by atoms with Crippen LogP contribution in [-0.4, -0.2) is 48.7 Å². The Morgan fingerprint density at radius 2 is 1.09 bits per heavy atom. The number of nitrogens with one attached hydrogen (secondary N) is 4. The van der Waals surface area contributed by atoms with Gasteiger partial charge in [-0.3, -0.25) is 19.2 Å². The van der Waals surface area contributed by atoms with Crippen LogP contribution in [0.15, 0.2) is 55.4 Å². The number of amides is 2. The fourth-order valence-corrected chi connectivity index (χ4v) is 6.67. The lowest BCUT2D eigenvalue weighted by Gasteiger charge is -2.18. The smallest absolute Gasteiger partial charge is 0.253 e. The van der Waals surface area contributed by atoms with Crippen LogP contribution in [0.3, 0.4) is 0 Å². The van der Waals surface area contributed by atoms with Crippen molar-refractivity contribution in [3.63, 3.8) is 0 Å². The van der Waals surface area contributed by atoms with Gasteiger partial charge in [-0.15, -0.1) is 0 Å². The minimum atomic E-state index is -3.54. The molecule has 0 saturated carbocycles. The summed E-state index contributed by atoms with van der Waals surface area (Å²) in [5.41, 5.74) is 5.82. The highest BCUT2D eigenvalue weighted by Gasteiger charge is 2.21. The van der Waals surface area contributed by atoms with E-state index < -0.39 is 15.7 Å². The number of aryl methyl sites for hydroxylation is 4. The van der Waals surface area contributed by atoms with Crippen molar-refractivity contribution >= 4 is 37.6 Å². The van der Waals surface area contributed by atoms with Crippen molar-refractivity contribution in [1.82, 2.24) is 20.6 Å². The van der Waals surface area contributed by atoms with Crippen LogP contribution in [0.25, 0.3) is 0 Å². The Labute approximate surface area is 331 Å². The minimum absolute atomic E-state index is 0.0101. The van der Waals surface area contributed by atoms with E-state index in [9.17, 15) is 27.6 Å². The molecule has 0 spiro atoms. The molecule has 55 heavy (non-hydrogen) atoms. The van der Waals surface area contributed by atoms with Gasteiger partial charge in [-0.1, -0.05) is 29.8 Å². The van der Waals surface area contributed by atoms with Gasteiger partial charge in [0.25, 0.3) is 22.9 Å². The van der Waals surface area contributed by atoms with Crippen LogP contribution in [-0.2, 0) is 22.9 Å². The summed E-state index contributed by atoms with van der Waals surface area (Å²) in [7, 11) is -3.54. The third-order valence-electron chi connectivity index (χ3n) is 9.22. The maximum Gasteiger partial charge on any atom is 0.253 e. The van der Waals surface area contributed by atoms with Gasteiger partial charge in [0.15, 0.2) is 9.84 Å². The summed E-state index contributed by atoms with van der Waals surface area (Å²) in [5, 5.41) is 5.56. The van der Waals surface area contributed by atoms with Gasteiger partial charge in [-0.2, -0.15) is 0 Å². The predicted octanol–water partition coefficient (Wildman–Crippen LogP) is 6.98. The number of hydrogen-bond acceptors (Lipinski definition) is 8. The highest BCUT2D eigenvalue weighted by Crippen LogP contribution is 2.30. The van der Waals surface area contributed by atoms with Crippen LogP contribution >= 0.6 is 15.9 Å². The summed E-state index contributed by atoms with van der Waals surface area (Å²) in [4.78, 5) is 55.3. The Morgan fingerprint density at radius 3 is 1.47 bits per heavy atom. The first kappa shape index (κ1) is 44.7. The van der Waals surface area contributed by atoms with Crippen LogP contribution < -0.4 is 31.2 Å². The van der Waals surface area contributed by atoms with Crippen LogP contribution in [0.5, 0.6) is 11.5 Å². The molecule has 0 radical (unpaired) electrons. The number of rotatable bonds is 13. The number of aromatic nitrogens is 2. The van der Waals surface area contributed by atoms with Gasteiger partial charge in [0.1, 0.15) is 11.5 Å². The highest BCUT2D eigenvalue weighted by atomic mass is 79.9. The second kappa shape index (κ2) is 19.3. The number of hydrogen-bond donors (Lipinski definition) is 4. The third-order valence-corrected chi connectivity index (χ3v) is 10.8. The zero-order chi connectivity index (χ0) is 41.4. The number of benzene rings is 2. The van der Waals surface area contributed by atoms with Crippen molar-refractivity contribution in [3.05, 3.63) is 117 Å². The van der Waals surface area contributed by atoms with Crippen molar-refractivity contribution in [2.24, 2.45) is 0 Å². The van der Waals surface area contributed by atoms with Crippen LogP contribution in [0.2, 0.25) is 0 Å². The Balaban J connectivity index is 0.000000297. The van der Waals surface area contributed by atoms with Gasteiger partial charge in [0.2, 0.25) is 0 Å². The topological polar surface area (TPSA) is 177 Å². The molecule has 12 nitrogen and oxygen atoms in total. The number of carbonyl (C=O) groups is 2. The number of carbonyl (C=O) groups excluding carboxylic acids is 2. The van der Waals surface area contributed by atoms with E-state index >= 15 is 0 Å². The van der Waals surface area contributed by atoms with E-state index in [0.29, 0.717) is 33.8 Å². The zero-order valence-corrected chi connectivity index (χ0v) is 35.9. The molecule has 0 saturated heterocycles. The Morgan fingerprint density at radius 1 is 0.691 bits per heavy atom. The minimum Gasteiger partial charge on any atom is -0.490 e. The van der Waals surface area contributed by atoms with E-state index in [0.717, 1.165) is 51.6 Å². The summed E-state index contributed by atoms with van der Waals surface area (Å²) in [6.07, 6.45) is 2.63. The van der Waals surface area contributed by atoms with Crippen molar-refractivity contribution in [2.75, 3.05) is 6.26 Å². The summed E-state index contributed by atoms with van der Waals surface area (Å²) in [6.45, 7) is 18.9. The van der Waals surface area contributed by atoms with Crippen molar-refractivity contribution in [2.45, 2.75) is 112 Å². The monoisotopic (exact) mass is 840 g/mol. The quantitative estimate of drug-likeness (QED) is 0.112. The number of halogens is 1. The fraction of sp³-hybridized carbons (Fsp3) is 0.415. The molecule has 0 fully saturated rings. The molecule has 2 aromatic heterocycles. The molecule has 298 valence electrons. The number of ether oxygens (including phenoxy) is 2. The normalized spacial score (nSPS) is 12.2. The maximum atomic E-state index is 12.8. The van der Waals surface area contributed by atoms with E-state index in [1.807, 2.05) is 66.7 Å². The van der Waals surface area contributed by atoms with Gasteiger partial charge in [-0.25, -0.2) is 8.42 Å². The Kier molecular flexibility index (Phi) is 15.7. The molecule has 2 unspecified atom stereocenters. The largest absolute Gasteiger partial charge is 0.490 e. The summed E-state index contributed by atoms with van der Waals surface area (Å²) < 4.78 is 36.7. The Hall–Kier alpha value is -4.69. The van der Waals surface area contributed by atoms with Gasteiger partial charge in [0, 0.05) is 68.6 Å². The SMILES string of the molecule is CCC(C)Oc1cc(Br)cc(C(=O)NCc2c(C)cc(C)[nH]c2=O)c1C.CCC(C)Oc1cc(S(C)(=O)=O)cc(C(=O)NCc2c(C)cc(C)[nH]c2=O)c1C. The zero-order valence-electron chi connectivity index (χ0n) is 33.5. The molecule has 2 aromatic carbocycles. The molecule has 0 aliphatic carbocycles. The summed E-state index contributed by atoms with van der Waals surface area (Å²) in [5.74, 6) is 0.332. The molecule has 14 heteroatoms. The first-order valence-corrected chi connectivity index (χ1v) is 20.8. The number of H-pyrrole nitrogens is 2. The molecule has 2 amide bonds. The fourth-order valence-electron chi connectivity index (χ4n) is 5.58. The Bertz CT molecular complexity index is 2280. The number of aromatic amines is 2. The molecule has 4 N–H and O–H groups in total.